The third-order valence-corrected chi connectivity index (χ3v) is 6.73. The van der Waals surface area contributed by atoms with Crippen LogP contribution in [0, 0.1) is 0 Å². The van der Waals surface area contributed by atoms with Crippen molar-refractivity contribution in [3.63, 3.8) is 0 Å². The van der Waals surface area contributed by atoms with E-state index in [1.165, 1.54) is 11.4 Å². The molecule has 0 saturated carbocycles. The molecule has 1 aliphatic heterocycles. The fourth-order valence-electron chi connectivity index (χ4n) is 1.61. The molecule has 0 atom stereocenters. The zero-order valence-corrected chi connectivity index (χ0v) is 11.9. The molecule has 2 radical (unpaired) electrons. The molecule has 1 heterocycles. The summed E-state index contributed by atoms with van der Waals surface area (Å²) >= 11 is -0.222. The summed E-state index contributed by atoms with van der Waals surface area (Å²) in [7, 11) is 0. The van der Waals surface area contributed by atoms with Crippen LogP contribution < -0.4 is 0 Å². The van der Waals surface area contributed by atoms with Crippen molar-refractivity contribution in [2.45, 2.75) is 46.7 Å². The van der Waals surface area contributed by atoms with Crippen LogP contribution in [0.4, 0.5) is 0 Å². The van der Waals surface area contributed by atoms with Gasteiger partial charge >= 0.3 is 94.3 Å². The molecular weight excluding hydrogens is 233 g/mol. The van der Waals surface area contributed by atoms with Gasteiger partial charge in [0.15, 0.2) is 0 Å². The van der Waals surface area contributed by atoms with Crippen LogP contribution in [-0.2, 0) is 0 Å². The van der Waals surface area contributed by atoms with E-state index in [0.717, 1.165) is 0 Å². The van der Waals surface area contributed by atoms with Crippen LogP contribution in [0.3, 0.4) is 0 Å². The number of hydrogen-bond donors (Lipinski definition) is 0. The van der Waals surface area contributed by atoms with Crippen LogP contribution in [0.1, 0.15) is 34.6 Å². The van der Waals surface area contributed by atoms with Gasteiger partial charge in [-0.25, -0.2) is 0 Å². The van der Waals surface area contributed by atoms with Gasteiger partial charge in [-0.3, -0.25) is 0 Å². The SMILES string of the molecule is C=C1C=C(C)[N](C(C)C)[Ge][N]1C(C)C. The van der Waals surface area contributed by atoms with Gasteiger partial charge in [-0.15, -0.1) is 0 Å². The number of nitrogens with zero attached hydrogens (tertiary/aromatic N) is 2. The molecular formula is C11H20GeN2. The molecule has 0 fully saturated rings. The summed E-state index contributed by atoms with van der Waals surface area (Å²) in [5.74, 6) is 0. The van der Waals surface area contributed by atoms with E-state index in [4.69, 9.17) is 0 Å². The molecule has 3 heteroatoms. The number of rotatable bonds is 2. The zero-order valence-electron chi connectivity index (χ0n) is 9.83. The first-order chi connectivity index (χ1) is 6.43. The Labute approximate surface area is 94.6 Å². The van der Waals surface area contributed by atoms with Gasteiger partial charge in [0.25, 0.3) is 0 Å². The van der Waals surface area contributed by atoms with Crippen LogP contribution in [0.5, 0.6) is 0 Å². The monoisotopic (exact) mass is 254 g/mol. The van der Waals surface area contributed by atoms with Crippen molar-refractivity contribution < 1.29 is 0 Å². The van der Waals surface area contributed by atoms with Gasteiger partial charge in [-0.05, 0) is 0 Å². The Balaban J connectivity index is 2.86. The number of hydrogen-bond acceptors (Lipinski definition) is 2. The van der Waals surface area contributed by atoms with Crippen LogP contribution >= 0.6 is 0 Å². The Morgan fingerprint density at radius 3 is 2.07 bits per heavy atom. The summed E-state index contributed by atoms with van der Waals surface area (Å²) in [6, 6.07) is 1.19. The van der Waals surface area contributed by atoms with Crippen LogP contribution in [0.2, 0.25) is 0 Å². The third kappa shape index (κ3) is 2.35. The maximum atomic E-state index is 4.12. The van der Waals surface area contributed by atoms with Gasteiger partial charge < -0.3 is 0 Å². The second kappa shape index (κ2) is 4.43. The van der Waals surface area contributed by atoms with Crippen molar-refractivity contribution in [1.29, 1.82) is 0 Å². The summed E-state index contributed by atoms with van der Waals surface area (Å²) in [5, 5.41) is 0. The quantitative estimate of drug-likeness (QED) is 0.697. The molecule has 2 nitrogen and oxygen atoms in total. The molecule has 0 aromatic carbocycles. The van der Waals surface area contributed by atoms with Crippen LogP contribution in [-0.4, -0.2) is 35.7 Å². The topological polar surface area (TPSA) is 6.48 Å². The average Bonchev–Trinajstić information content (AvgIpc) is 2.02. The van der Waals surface area contributed by atoms with Gasteiger partial charge in [0.05, 0.1) is 0 Å². The maximum absolute atomic E-state index is 4.12. The first-order valence-corrected chi connectivity index (χ1v) is 7.03. The molecule has 14 heavy (non-hydrogen) atoms. The third-order valence-electron chi connectivity index (χ3n) is 2.31. The Morgan fingerprint density at radius 1 is 1.14 bits per heavy atom. The van der Waals surface area contributed by atoms with E-state index in [1.54, 1.807) is 0 Å². The second-order valence-electron chi connectivity index (χ2n) is 4.30. The second-order valence-corrected chi connectivity index (χ2v) is 6.75. The molecule has 0 bridgehead atoms. The Hall–Kier alpha value is -0.377. The van der Waals surface area contributed by atoms with Crippen molar-refractivity contribution in [3.8, 4) is 0 Å². The summed E-state index contributed by atoms with van der Waals surface area (Å²) in [4.78, 5) is 0. The fraction of sp³-hybridized carbons (Fsp3) is 0.636. The number of allylic oxidation sites excluding steroid dienone is 2. The zero-order chi connectivity index (χ0) is 10.9. The van der Waals surface area contributed by atoms with Crippen LogP contribution in [0.25, 0.3) is 0 Å². The van der Waals surface area contributed by atoms with Crippen LogP contribution in [0.15, 0.2) is 24.0 Å². The molecule has 78 valence electrons. The summed E-state index contributed by atoms with van der Waals surface area (Å²) < 4.78 is 4.97. The normalized spacial score (nSPS) is 18.2. The molecule has 0 aromatic rings. The van der Waals surface area contributed by atoms with E-state index < -0.39 is 0 Å². The van der Waals surface area contributed by atoms with Crippen molar-refractivity contribution >= 4 is 15.9 Å². The van der Waals surface area contributed by atoms with E-state index in [2.05, 4.69) is 55.0 Å². The fourth-order valence-corrected chi connectivity index (χ4v) is 3.94. The van der Waals surface area contributed by atoms with E-state index in [0.29, 0.717) is 12.1 Å². The average molecular weight is 253 g/mol. The summed E-state index contributed by atoms with van der Waals surface area (Å²) in [6.07, 6.45) is 2.20. The Bertz CT molecular complexity index is 256. The van der Waals surface area contributed by atoms with E-state index in [9.17, 15) is 0 Å². The molecule has 1 rings (SSSR count). The van der Waals surface area contributed by atoms with E-state index in [-0.39, 0.29) is 15.9 Å². The molecule has 0 amide bonds. The van der Waals surface area contributed by atoms with Gasteiger partial charge in [0.1, 0.15) is 0 Å². The van der Waals surface area contributed by atoms with Gasteiger partial charge in [-0.1, -0.05) is 0 Å². The molecule has 1 aliphatic rings. The molecule has 0 spiro atoms. The van der Waals surface area contributed by atoms with Crippen molar-refractivity contribution in [3.05, 3.63) is 24.0 Å². The first-order valence-electron chi connectivity index (χ1n) is 5.15. The van der Waals surface area contributed by atoms with Crippen molar-refractivity contribution in [2.24, 2.45) is 0 Å². The molecule has 0 unspecified atom stereocenters. The minimum atomic E-state index is -0.222. The summed E-state index contributed by atoms with van der Waals surface area (Å²) in [5.41, 5.74) is 2.57. The Morgan fingerprint density at radius 2 is 1.64 bits per heavy atom. The van der Waals surface area contributed by atoms with Gasteiger partial charge in [-0.2, -0.15) is 0 Å². The predicted octanol–water partition coefficient (Wildman–Crippen LogP) is 2.37. The molecule has 0 N–H and O–H groups in total. The molecule has 0 aliphatic carbocycles. The first kappa shape index (κ1) is 11.7. The minimum absolute atomic E-state index is 0.222. The van der Waals surface area contributed by atoms with Gasteiger partial charge in [0.2, 0.25) is 0 Å². The van der Waals surface area contributed by atoms with Gasteiger partial charge in [0, 0.05) is 0 Å². The van der Waals surface area contributed by atoms with E-state index in [1.807, 2.05) is 0 Å². The molecule has 0 aromatic heterocycles. The summed E-state index contributed by atoms with van der Waals surface area (Å²) in [6.45, 7) is 15.3. The van der Waals surface area contributed by atoms with Crippen molar-refractivity contribution in [2.75, 3.05) is 0 Å². The molecule has 0 saturated heterocycles. The van der Waals surface area contributed by atoms with Crippen molar-refractivity contribution in [1.82, 2.24) is 7.71 Å². The van der Waals surface area contributed by atoms with E-state index >= 15 is 0 Å². The predicted molar refractivity (Wildman–Crippen MR) is 62.6 cm³/mol. The Kier molecular flexibility index (Phi) is 3.70. The standard InChI is InChI=1S/C11H20GeN2/c1-8(2)13-10(5)7-11(6)14(12-13)9(3)4/h7-9H,5H2,1-4,6H3.